The molecular weight excluding hydrogens is 342 g/mol. The van der Waals surface area contributed by atoms with E-state index >= 15 is 0 Å². The largest absolute Gasteiger partial charge is 0.495 e. The monoisotopic (exact) mass is 367 g/mol. The SMILES string of the molecule is CCCNC(=O)N1CCCN(C(=O)Cc2ccc(OC)c(Cl)c2)CC1. The number of ether oxygens (including phenoxy) is 1. The van der Waals surface area contributed by atoms with E-state index in [1.54, 1.807) is 24.1 Å². The third-order valence-corrected chi connectivity index (χ3v) is 4.53. The van der Waals surface area contributed by atoms with Gasteiger partial charge in [0.1, 0.15) is 5.75 Å². The lowest BCUT2D eigenvalue weighted by Crippen LogP contribution is -2.43. The molecule has 1 heterocycles. The standard InChI is InChI=1S/C18H26ClN3O3/c1-3-7-20-18(24)22-9-4-8-21(10-11-22)17(23)13-14-5-6-16(25-2)15(19)12-14/h5-6,12H,3-4,7-11,13H2,1-2H3,(H,20,24). The lowest BCUT2D eigenvalue weighted by atomic mass is 10.1. The fourth-order valence-corrected chi connectivity index (χ4v) is 3.10. The van der Waals surface area contributed by atoms with Gasteiger partial charge in [0.05, 0.1) is 18.6 Å². The number of carbonyl (C=O) groups is 2. The zero-order valence-electron chi connectivity index (χ0n) is 14.9. The van der Waals surface area contributed by atoms with E-state index in [0.717, 1.165) is 18.4 Å². The number of urea groups is 1. The van der Waals surface area contributed by atoms with Crippen molar-refractivity contribution in [1.29, 1.82) is 0 Å². The van der Waals surface area contributed by atoms with Crippen LogP contribution in [0, 0.1) is 0 Å². The van der Waals surface area contributed by atoms with Crippen molar-refractivity contribution < 1.29 is 14.3 Å². The van der Waals surface area contributed by atoms with Crippen LogP contribution in [0.3, 0.4) is 0 Å². The average molecular weight is 368 g/mol. The zero-order valence-corrected chi connectivity index (χ0v) is 15.6. The molecule has 0 unspecified atom stereocenters. The molecular formula is C18H26ClN3O3. The summed E-state index contributed by atoms with van der Waals surface area (Å²) in [5.74, 6) is 0.651. The zero-order chi connectivity index (χ0) is 18.2. The van der Waals surface area contributed by atoms with Crippen LogP contribution in [0.1, 0.15) is 25.3 Å². The highest BCUT2D eigenvalue weighted by Gasteiger charge is 2.22. The van der Waals surface area contributed by atoms with Gasteiger partial charge in [-0.05, 0) is 30.5 Å². The highest BCUT2D eigenvalue weighted by Crippen LogP contribution is 2.25. The molecule has 1 aliphatic heterocycles. The molecule has 1 fully saturated rings. The Kier molecular flexibility index (Phi) is 7.37. The summed E-state index contributed by atoms with van der Waals surface area (Å²) in [5, 5.41) is 3.39. The van der Waals surface area contributed by atoms with Gasteiger partial charge in [-0.3, -0.25) is 4.79 Å². The second-order valence-electron chi connectivity index (χ2n) is 6.10. The highest BCUT2D eigenvalue weighted by molar-refractivity contribution is 6.32. The number of amides is 3. The Bertz CT molecular complexity index is 609. The number of hydrogen-bond acceptors (Lipinski definition) is 3. The van der Waals surface area contributed by atoms with Gasteiger partial charge in [-0.2, -0.15) is 0 Å². The number of carbonyl (C=O) groups excluding carboxylic acids is 2. The Morgan fingerprint density at radius 2 is 1.92 bits per heavy atom. The Morgan fingerprint density at radius 3 is 2.60 bits per heavy atom. The first-order chi connectivity index (χ1) is 12.0. The van der Waals surface area contributed by atoms with Gasteiger partial charge in [-0.15, -0.1) is 0 Å². The van der Waals surface area contributed by atoms with Crippen LogP contribution in [0.4, 0.5) is 4.79 Å². The predicted molar refractivity (Wildman–Crippen MR) is 98.2 cm³/mol. The molecule has 138 valence electrons. The van der Waals surface area contributed by atoms with Crippen LogP contribution in [0.15, 0.2) is 18.2 Å². The fourth-order valence-electron chi connectivity index (χ4n) is 2.82. The number of nitrogens with zero attached hydrogens (tertiary/aromatic N) is 2. The van der Waals surface area contributed by atoms with Gasteiger partial charge in [-0.1, -0.05) is 24.6 Å². The molecule has 0 bridgehead atoms. The Labute approximate surface area is 154 Å². The molecule has 0 aromatic heterocycles. The van der Waals surface area contributed by atoms with E-state index in [9.17, 15) is 9.59 Å². The summed E-state index contributed by atoms with van der Waals surface area (Å²) in [6.45, 7) is 5.16. The Hall–Kier alpha value is -1.95. The van der Waals surface area contributed by atoms with Crippen LogP contribution in [0.5, 0.6) is 5.75 Å². The third kappa shape index (κ3) is 5.53. The molecule has 1 N–H and O–H groups in total. The molecule has 0 radical (unpaired) electrons. The van der Waals surface area contributed by atoms with E-state index in [0.29, 0.717) is 49.9 Å². The summed E-state index contributed by atoms with van der Waals surface area (Å²) in [6, 6.07) is 5.34. The van der Waals surface area contributed by atoms with Crippen LogP contribution >= 0.6 is 11.6 Å². The van der Waals surface area contributed by atoms with Gasteiger partial charge < -0.3 is 19.9 Å². The van der Waals surface area contributed by atoms with Crippen molar-refractivity contribution in [2.45, 2.75) is 26.2 Å². The van der Waals surface area contributed by atoms with Crippen LogP contribution in [0.2, 0.25) is 5.02 Å². The summed E-state index contributed by atoms with van der Waals surface area (Å²) < 4.78 is 5.13. The van der Waals surface area contributed by atoms with Crippen molar-refractivity contribution in [3.63, 3.8) is 0 Å². The highest BCUT2D eigenvalue weighted by atomic mass is 35.5. The van der Waals surface area contributed by atoms with E-state index < -0.39 is 0 Å². The van der Waals surface area contributed by atoms with E-state index in [2.05, 4.69) is 5.32 Å². The maximum Gasteiger partial charge on any atom is 0.317 e. The number of halogens is 1. The molecule has 0 atom stereocenters. The summed E-state index contributed by atoms with van der Waals surface area (Å²) in [7, 11) is 1.56. The molecule has 0 aliphatic carbocycles. The predicted octanol–water partition coefficient (Wildman–Crippen LogP) is 2.55. The molecule has 1 aromatic carbocycles. The molecule has 0 saturated carbocycles. The molecule has 3 amide bonds. The Balaban J connectivity index is 1.90. The summed E-state index contributed by atoms with van der Waals surface area (Å²) in [5.41, 5.74) is 0.859. The minimum atomic E-state index is -0.0434. The maximum atomic E-state index is 12.6. The van der Waals surface area contributed by atoms with Crippen molar-refractivity contribution in [2.75, 3.05) is 39.8 Å². The quantitative estimate of drug-likeness (QED) is 0.869. The maximum absolute atomic E-state index is 12.6. The molecule has 1 saturated heterocycles. The van der Waals surface area contributed by atoms with Crippen LogP contribution < -0.4 is 10.1 Å². The average Bonchev–Trinajstić information content (AvgIpc) is 2.86. The summed E-state index contributed by atoms with van der Waals surface area (Å²) >= 11 is 6.12. The number of methoxy groups -OCH3 is 1. The number of benzene rings is 1. The van der Waals surface area contributed by atoms with E-state index in [1.165, 1.54) is 0 Å². The van der Waals surface area contributed by atoms with Gasteiger partial charge >= 0.3 is 6.03 Å². The van der Waals surface area contributed by atoms with Crippen LogP contribution in [-0.4, -0.2) is 61.6 Å². The third-order valence-electron chi connectivity index (χ3n) is 4.23. The fraction of sp³-hybridized carbons (Fsp3) is 0.556. The molecule has 1 aromatic rings. The van der Waals surface area contributed by atoms with Crippen molar-refractivity contribution in [1.82, 2.24) is 15.1 Å². The lowest BCUT2D eigenvalue weighted by molar-refractivity contribution is -0.130. The van der Waals surface area contributed by atoms with Crippen molar-refractivity contribution >= 4 is 23.5 Å². The molecule has 7 heteroatoms. The molecule has 0 spiro atoms. The second-order valence-corrected chi connectivity index (χ2v) is 6.51. The second kappa shape index (κ2) is 9.51. The smallest absolute Gasteiger partial charge is 0.317 e. The molecule has 2 rings (SSSR count). The number of nitrogens with one attached hydrogen (secondary N) is 1. The van der Waals surface area contributed by atoms with Crippen molar-refractivity contribution in [3.05, 3.63) is 28.8 Å². The minimum absolute atomic E-state index is 0.0434. The summed E-state index contributed by atoms with van der Waals surface area (Å²) in [6.07, 6.45) is 2.00. The molecule has 1 aliphatic rings. The van der Waals surface area contributed by atoms with Gasteiger partial charge in [0, 0.05) is 32.7 Å². The normalized spacial score (nSPS) is 14.8. The van der Waals surface area contributed by atoms with Crippen molar-refractivity contribution in [2.24, 2.45) is 0 Å². The van der Waals surface area contributed by atoms with E-state index in [1.807, 2.05) is 17.9 Å². The van der Waals surface area contributed by atoms with E-state index in [4.69, 9.17) is 16.3 Å². The van der Waals surface area contributed by atoms with Crippen LogP contribution in [0.25, 0.3) is 0 Å². The van der Waals surface area contributed by atoms with E-state index in [-0.39, 0.29) is 11.9 Å². The summed E-state index contributed by atoms with van der Waals surface area (Å²) in [4.78, 5) is 28.2. The first kappa shape index (κ1) is 19.4. The minimum Gasteiger partial charge on any atom is -0.495 e. The van der Waals surface area contributed by atoms with Crippen molar-refractivity contribution in [3.8, 4) is 5.75 Å². The molecule has 25 heavy (non-hydrogen) atoms. The van der Waals surface area contributed by atoms with Gasteiger partial charge in [0.25, 0.3) is 0 Å². The van der Waals surface area contributed by atoms with Gasteiger partial charge in [0.15, 0.2) is 0 Å². The lowest BCUT2D eigenvalue weighted by Gasteiger charge is -2.22. The molecule has 6 nitrogen and oxygen atoms in total. The topological polar surface area (TPSA) is 61.9 Å². The first-order valence-electron chi connectivity index (χ1n) is 8.68. The van der Waals surface area contributed by atoms with Crippen LogP contribution in [-0.2, 0) is 11.2 Å². The number of rotatable bonds is 5. The first-order valence-corrected chi connectivity index (χ1v) is 9.06. The van der Waals surface area contributed by atoms with Gasteiger partial charge in [0.2, 0.25) is 5.91 Å². The van der Waals surface area contributed by atoms with Gasteiger partial charge in [-0.25, -0.2) is 4.79 Å². The number of hydrogen-bond donors (Lipinski definition) is 1. The Morgan fingerprint density at radius 1 is 1.20 bits per heavy atom.